The summed E-state index contributed by atoms with van der Waals surface area (Å²) < 4.78 is 39.4. The zero-order valence-electron chi connectivity index (χ0n) is 13.2. The monoisotopic (exact) mass is 320 g/mol. The van der Waals surface area contributed by atoms with Crippen molar-refractivity contribution in [2.45, 2.75) is 64.7 Å². The number of halogens is 3. The number of carbonyl (C=O) groups is 2. The van der Waals surface area contributed by atoms with Crippen LogP contribution in [0.25, 0.3) is 0 Å². The quantitative estimate of drug-likeness (QED) is 0.810. The number of nitrogens with zero attached hydrogens (tertiary/aromatic N) is 1. The molecule has 0 aromatic heterocycles. The van der Waals surface area contributed by atoms with Crippen LogP contribution in [0.2, 0.25) is 0 Å². The molecule has 2 atom stereocenters. The summed E-state index contributed by atoms with van der Waals surface area (Å²) in [5, 5.41) is 2.60. The largest absolute Gasteiger partial charge is 0.408 e. The molecule has 0 spiro atoms. The van der Waals surface area contributed by atoms with E-state index in [0.717, 1.165) is 10.5 Å². The molecule has 0 bridgehead atoms. The van der Waals surface area contributed by atoms with Gasteiger partial charge in [-0.3, -0.25) is 9.59 Å². The molecule has 126 valence electrons. The molecule has 2 unspecified atom stereocenters. The van der Waals surface area contributed by atoms with Crippen LogP contribution in [0.15, 0.2) is 11.6 Å². The van der Waals surface area contributed by atoms with Crippen LogP contribution in [0.1, 0.15) is 46.5 Å². The zero-order chi connectivity index (χ0) is 16.9. The van der Waals surface area contributed by atoms with E-state index in [1.54, 1.807) is 0 Å². The van der Waals surface area contributed by atoms with Gasteiger partial charge >= 0.3 is 6.18 Å². The molecule has 1 saturated heterocycles. The Balaban J connectivity index is 2.96. The summed E-state index contributed by atoms with van der Waals surface area (Å²) in [6.45, 7) is 4.92. The van der Waals surface area contributed by atoms with Crippen LogP contribution in [-0.2, 0) is 9.59 Å². The summed E-state index contributed by atoms with van der Waals surface area (Å²) in [4.78, 5) is 24.2. The first-order chi connectivity index (χ1) is 10.2. The maximum atomic E-state index is 13.1. The van der Waals surface area contributed by atoms with E-state index in [0.29, 0.717) is 12.8 Å². The molecular weight excluding hydrogens is 297 g/mol. The molecule has 1 aliphatic rings. The minimum atomic E-state index is -4.46. The molecule has 1 heterocycles. The molecule has 0 radical (unpaired) electrons. The first kappa shape index (κ1) is 18.5. The highest BCUT2D eigenvalue weighted by atomic mass is 19.4. The number of nitrogens with one attached hydrogen (secondary N) is 1. The Bertz CT molecular complexity index is 441. The molecule has 1 aliphatic heterocycles. The molecule has 1 rings (SSSR count). The Morgan fingerprint density at radius 3 is 2.27 bits per heavy atom. The van der Waals surface area contributed by atoms with Gasteiger partial charge in [0.2, 0.25) is 11.8 Å². The maximum absolute atomic E-state index is 13.1. The average Bonchev–Trinajstić information content (AvgIpc) is 2.42. The van der Waals surface area contributed by atoms with Gasteiger partial charge in [0, 0.05) is 25.6 Å². The Kier molecular flexibility index (Phi) is 6.44. The minimum Gasteiger partial charge on any atom is -0.352 e. The van der Waals surface area contributed by atoms with Gasteiger partial charge in [-0.2, -0.15) is 13.2 Å². The number of hydrogen-bond acceptors (Lipinski definition) is 2. The highest BCUT2D eigenvalue weighted by molar-refractivity contribution is 5.88. The smallest absolute Gasteiger partial charge is 0.352 e. The van der Waals surface area contributed by atoms with E-state index in [1.807, 2.05) is 13.8 Å². The SMILES string of the molecule is CCC(=CC(=O)N1CC(NC(C)=O)CCC1C(F)(F)F)CC. The lowest BCUT2D eigenvalue weighted by molar-refractivity contribution is -0.195. The molecule has 0 aromatic rings. The van der Waals surface area contributed by atoms with Gasteiger partial charge in [0.15, 0.2) is 0 Å². The van der Waals surface area contributed by atoms with E-state index < -0.39 is 24.2 Å². The molecule has 0 aliphatic carbocycles. The lowest BCUT2D eigenvalue weighted by Crippen LogP contribution is -2.57. The molecular formula is C15H23F3N2O2. The van der Waals surface area contributed by atoms with Crippen molar-refractivity contribution in [1.29, 1.82) is 0 Å². The average molecular weight is 320 g/mol. The van der Waals surface area contributed by atoms with Crippen molar-refractivity contribution in [2.24, 2.45) is 0 Å². The van der Waals surface area contributed by atoms with Crippen molar-refractivity contribution in [3.05, 3.63) is 11.6 Å². The van der Waals surface area contributed by atoms with E-state index in [4.69, 9.17) is 0 Å². The number of rotatable bonds is 4. The molecule has 0 saturated carbocycles. The van der Waals surface area contributed by atoms with Gasteiger partial charge in [0.05, 0.1) is 0 Å². The summed E-state index contributed by atoms with van der Waals surface area (Å²) in [5.74, 6) is -0.933. The number of allylic oxidation sites excluding steroid dienone is 1. The number of piperidine rings is 1. The highest BCUT2D eigenvalue weighted by Gasteiger charge is 2.47. The van der Waals surface area contributed by atoms with Crippen LogP contribution in [0.3, 0.4) is 0 Å². The molecule has 22 heavy (non-hydrogen) atoms. The highest BCUT2D eigenvalue weighted by Crippen LogP contribution is 2.32. The van der Waals surface area contributed by atoms with Crippen LogP contribution in [0.5, 0.6) is 0 Å². The van der Waals surface area contributed by atoms with Crippen LogP contribution >= 0.6 is 0 Å². The zero-order valence-corrected chi connectivity index (χ0v) is 13.2. The summed E-state index contributed by atoms with van der Waals surface area (Å²) >= 11 is 0. The van der Waals surface area contributed by atoms with E-state index in [-0.39, 0.29) is 25.3 Å². The topological polar surface area (TPSA) is 49.4 Å². The maximum Gasteiger partial charge on any atom is 0.408 e. The van der Waals surface area contributed by atoms with Crippen LogP contribution in [0, 0.1) is 0 Å². The van der Waals surface area contributed by atoms with Crippen molar-refractivity contribution >= 4 is 11.8 Å². The predicted octanol–water partition coefficient (Wildman–Crippen LogP) is 2.79. The lowest BCUT2D eigenvalue weighted by Gasteiger charge is -2.40. The third-order valence-corrected chi connectivity index (χ3v) is 3.89. The summed E-state index contributed by atoms with van der Waals surface area (Å²) in [6, 6.07) is -2.21. The van der Waals surface area contributed by atoms with Gasteiger partial charge in [-0.25, -0.2) is 0 Å². The first-order valence-electron chi connectivity index (χ1n) is 7.52. The Hall–Kier alpha value is -1.53. The van der Waals surface area contributed by atoms with Gasteiger partial charge in [-0.15, -0.1) is 0 Å². The molecule has 2 amide bonds. The van der Waals surface area contributed by atoms with Gasteiger partial charge in [-0.05, 0) is 25.7 Å². The predicted molar refractivity (Wildman–Crippen MR) is 77.1 cm³/mol. The molecule has 7 heteroatoms. The molecule has 1 N–H and O–H groups in total. The normalized spacial score (nSPS) is 22.2. The fourth-order valence-corrected chi connectivity index (χ4v) is 2.67. The molecule has 1 fully saturated rings. The van der Waals surface area contributed by atoms with Crippen LogP contribution in [0.4, 0.5) is 13.2 Å². The Morgan fingerprint density at radius 1 is 1.23 bits per heavy atom. The van der Waals surface area contributed by atoms with Gasteiger partial charge in [0.1, 0.15) is 6.04 Å². The number of carbonyl (C=O) groups excluding carboxylic acids is 2. The second kappa shape index (κ2) is 7.65. The van der Waals surface area contributed by atoms with E-state index in [1.165, 1.54) is 13.0 Å². The Labute approximate surface area is 128 Å². The van der Waals surface area contributed by atoms with Crippen LogP contribution < -0.4 is 5.32 Å². The molecule has 0 aromatic carbocycles. The van der Waals surface area contributed by atoms with E-state index >= 15 is 0 Å². The summed E-state index contributed by atoms with van der Waals surface area (Å²) in [7, 11) is 0. The minimum absolute atomic E-state index is 0.111. The third kappa shape index (κ3) is 5.03. The van der Waals surface area contributed by atoms with Gasteiger partial charge < -0.3 is 10.2 Å². The third-order valence-electron chi connectivity index (χ3n) is 3.89. The van der Waals surface area contributed by atoms with Gasteiger partial charge in [0.25, 0.3) is 0 Å². The Morgan fingerprint density at radius 2 is 1.82 bits per heavy atom. The number of alkyl halides is 3. The fourth-order valence-electron chi connectivity index (χ4n) is 2.67. The number of amides is 2. The van der Waals surface area contributed by atoms with Crippen LogP contribution in [-0.4, -0.2) is 41.5 Å². The first-order valence-corrected chi connectivity index (χ1v) is 7.52. The molecule has 4 nitrogen and oxygen atoms in total. The van der Waals surface area contributed by atoms with E-state index in [9.17, 15) is 22.8 Å². The van der Waals surface area contributed by atoms with Crippen molar-refractivity contribution in [2.75, 3.05) is 6.54 Å². The lowest BCUT2D eigenvalue weighted by atomic mass is 9.97. The van der Waals surface area contributed by atoms with Crippen molar-refractivity contribution in [3.8, 4) is 0 Å². The van der Waals surface area contributed by atoms with E-state index in [2.05, 4.69) is 5.32 Å². The fraction of sp³-hybridized carbons (Fsp3) is 0.733. The second-order valence-corrected chi connectivity index (χ2v) is 5.53. The van der Waals surface area contributed by atoms with Crippen molar-refractivity contribution in [3.63, 3.8) is 0 Å². The summed E-state index contributed by atoms with van der Waals surface area (Å²) in [6.07, 6.45) is -1.88. The summed E-state index contributed by atoms with van der Waals surface area (Å²) in [5.41, 5.74) is 0.813. The van der Waals surface area contributed by atoms with Crippen molar-refractivity contribution < 1.29 is 22.8 Å². The second-order valence-electron chi connectivity index (χ2n) is 5.53. The number of likely N-dealkylation sites (tertiary alicyclic amines) is 1. The number of hydrogen-bond donors (Lipinski definition) is 1. The van der Waals surface area contributed by atoms with Crippen molar-refractivity contribution in [1.82, 2.24) is 10.2 Å². The standard InChI is InChI=1S/C15H23F3N2O2/c1-4-11(5-2)8-14(22)20-9-12(19-10(3)21)6-7-13(20)15(16,17)18/h8,12-13H,4-7,9H2,1-3H3,(H,19,21). The van der Waals surface area contributed by atoms with Gasteiger partial charge in [-0.1, -0.05) is 19.4 Å².